The smallest absolute Gasteiger partial charge is 0.223 e. The van der Waals surface area contributed by atoms with E-state index in [-0.39, 0.29) is 23.0 Å². The van der Waals surface area contributed by atoms with Gasteiger partial charge in [0.05, 0.1) is 25.9 Å². The Morgan fingerprint density at radius 1 is 1.04 bits per heavy atom. The number of rotatable bonds is 5. The van der Waals surface area contributed by atoms with E-state index in [4.69, 9.17) is 4.98 Å². The Morgan fingerprint density at radius 3 is 2.43 bits per heavy atom. The van der Waals surface area contributed by atoms with Crippen LogP contribution in [0.3, 0.4) is 0 Å². The van der Waals surface area contributed by atoms with Crippen LogP contribution in [0.5, 0.6) is 0 Å². The van der Waals surface area contributed by atoms with Crippen molar-refractivity contribution in [2.75, 3.05) is 18.8 Å². The molecule has 0 saturated carbocycles. The zero-order chi connectivity index (χ0) is 19.6. The maximum absolute atomic E-state index is 12.5. The minimum absolute atomic E-state index is 0.0308. The summed E-state index contributed by atoms with van der Waals surface area (Å²) in [6.45, 7) is 1.32. The quantitative estimate of drug-likeness (QED) is 0.636. The Kier molecular flexibility index (Phi) is 5.46. The summed E-state index contributed by atoms with van der Waals surface area (Å²) in [5.74, 6) is 0.143. The first-order valence-corrected chi connectivity index (χ1v) is 11.9. The number of aromatic nitrogens is 1. The van der Waals surface area contributed by atoms with Crippen LogP contribution < -0.4 is 0 Å². The van der Waals surface area contributed by atoms with Gasteiger partial charge >= 0.3 is 0 Å². The molecule has 2 aromatic carbocycles. The van der Waals surface area contributed by atoms with Gasteiger partial charge in [-0.2, -0.15) is 0 Å². The van der Waals surface area contributed by atoms with E-state index in [9.17, 15) is 13.2 Å². The minimum atomic E-state index is -3.42. The zero-order valence-corrected chi connectivity index (χ0v) is 17.1. The predicted molar refractivity (Wildman–Crippen MR) is 111 cm³/mol. The standard InChI is InChI=1S/C21H22N2O3S2/c24-20(12-15-28(25,26)17-6-2-1-3-7-17)23-13-10-16(11-14-23)21-22-18-8-4-5-9-19(18)27-21/h1-9,16H,10-15H2. The van der Waals surface area contributed by atoms with Crippen molar-refractivity contribution in [1.29, 1.82) is 0 Å². The van der Waals surface area contributed by atoms with Crippen LogP contribution in [0.15, 0.2) is 59.5 Å². The molecule has 4 rings (SSSR count). The van der Waals surface area contributed by atoms with E-state index >= 15 is 0 Å². The van der Waals surface area contributed by atoms with E-state index in [1.165, 1.54) is 4.70 Å². The van der Waals surface area contributed by atoms with E-state index in [2.05, 4.69) is 6.07 Å². The third kappa shape index (κ3) is 4.10. The number of thiazole rings is 1. The number of carbonyl (C=O) groups excluding carboxylic acids is 1. The number of likely N-dealkylation sites (tertiary alicyclic amines) is 1. The van der Waals surface area contributed by atoms with Gasteiger partial charge in [0.25, 0.3) is 0 Å². The Hall–Kier alpha value is -2.25. The lowest BCUT2D eigenvalue weighted by molar-refractivity contribution is -0.131. The second-order valence-electron chi connectivity index (χ2n) is 7.06. The summed E-state index contributed by atoms with van der Waals surface area (Å²) in [6.07, 6.45) is 1.77. The number of fused-ring (bicyclic) bond motifs is 1. The Morgan fingerprint density at radius 2 is 1.71 bits per heavy atom. The molecule has 3 aromatic rings. The largest absolute Gasteiger partial charge is 0.343 e. The number of benzene rings is 2. The molecule has 28 heavy (non-hydrogen) atoms. The summed E-state index contributed by atoms with van der Waals surface area (Å²) in [5, 5.41) is 1.14. The van der Waals surface area contributed by atoms with E-state index in [0.717, 1.165) is 23.4 Å². The van der Waals surface area contributed by atoms with E-state index < -0.39 is 9.84 Å². The SMILES string of the molecule is O=C(CCS(=O)(=O)c1ccccc1)N1CCC(c2nc3ccccc3s2)CC1. The molecule has 2 heterocycles. The molecule has 1 aliphatic rings. The van der Waals surface area contributed by atoms with E-state index in [1.807, 2.05) is 18.2 Å². The van der Waals surface area contributed by atoms with Crippen molar-refractivity contribution >= 4 is 37.3 Å². The topological polar surface area (TPSA) is 67.3 Å². The fourth-order valence-electron chi connectivity index (χ4n) is 3.57. The lowest BCUT2D eigenvalue weighted by atomic mass is 9.97. The van der Waals surface area contributed by atoms with E-state index in [0.29, 0.717) is 19.0 Å². The summed E-state index contributed by atoms with van der Waals surface area (Å²) >= 11 is 1.73. The number of amides is 1. The Labute approximate surface area is 168 Å². The van der Waals surface area contributed by atoms with Crippen molar-refractivity contribution in [2.45, 2.75) is 30.1 Å². The monoisotopic (exact) mass is 414 g/mol. The zero-order valence-electron chi connectivity index (χ0n) is 15.5. The van der Waals surface area contributed by atoms with Gasteiger partial charge in [0, 0.05) is 25.4 Å². The number of nitrogens with zero attached hydrogens (tertiary/aromatic N) is 2. The second-order valence-corrected chi connectivity index (χ2v) is 10.2. The number of hydrogen-bond donors (Lipinski definition) is 0. The first kappa shape index (κ1) is 19.1. The highest BCUT2D eigenvalue weighted by atomic mass is 32.2. The molecule has 1 fully saturated rings. The van der Waals surface area contributed by atoms with Gasteiger partial charge in [-0.25, -0.2) is 13.4 Å². The van der Waals surface area contributed by atoms with Crippen molar-refractivity contribution in [3.63, 3.8) is 0 Å². The van der Waals surface area contributed by atoms with Crippen molar-refractivity contribution in [3.8, 4) is 0 Å². The maximum atomic E-state index is 12.5. The molecule has 0 radical (unpaired) electrons. The molecule has 7 heteroatoms. The summed E-state index contributed by atoms with van der Waals surface area (Å²) in [6, 6.07) is 16.4. The Balaban J connectivity index is 1.32. The summed E-state index contributed by atoms with van der Waals surface area (Å²) in [7, 11) is -3.42. The van der Waals surface area contributed by atoms with Crippen molar-refractivity contribution in [3.05, 3.63) is 59.6 Å². The molecule has 146 valence electrons. The fraction of sp³-hybridized carbons (Fsp3) is 0.333. The number of hydrogen-bond acceptors (Lipinski definition) is 5. The molecule has 0 N–H and O–H groups in total. The van der Waals surface area contributed by atoms with Gasteiger partial charge < -0.3 is 4.90 Å². The molecule has 1 aromatic heterocycles. The van der Waals surface area contributed by atoms with Crippen LogP contribution in [0.25, 0.3) is 10.2 Å². The first-order chi connectivity index (χ1) is 13.5. The lowest BCUT2D eigenvalue weighted by Gasteiger charge is -2.31. The summed E-state index contributed by atoms with van der Waals surface area (Å²) in [5.41, 5.74) is 1.03. The average molecular weight is 415 g/mol. The number of sulfone groups is 1. The van der Waals surface area contributed by atoms with Crippen LogP contribution in [0, 0.1) is 0 Å². The molecular weight excluding hydrogens is 392 g/mol. The highest BCUT2D eigenvalue weighted by Crippen LogP contribution is 2.33. The minimum Gasteiger partial charge on any atom is -0.343 e. The lowest BCUT2D eigenvalue weighted by Crippen LogP contribution is -2.38. The first-order valence-electron chi connectivity index (χ1n) is 9.44. The fourth-order valence-corrected chi connectivity index (χ4v) is 5.95. The van der Waals surface area contributed by atoms with Gasteiger partial charge in [0.2, 0.25) is 5.91 Å². The van der Waals surface area contributed by atoms with Crippen LogP contribution in [0.1, 0.15) is 30.2 Å². The number of carbonyl (C=O) groups is 1. The second kappa shape index (κ2) is 8.01. The van der Waals surface area contributed by atoms with Crippen LogP contribution in [0.4, 0.5) is 0 Å². The normalized spacial score (nSPS) is 15.8. The maximum Gasteiger partial charge on any atom is 0.223 e. The molecular formula is C21H22N2O3S2. The highest BCUT2D eigenvalue weighted by Gasteiger charge is 2.27. The molecule has 0 atom stereocenters. The molecule has 1 amide bonds. The molecule has 0 spiro atoms. The molecule has 1 saturated heterocycles. The molecule has 1 aliphatic heterocycles. The van der Waals surface area contributed by atoms with Gasteiger partial charge in [0.1, 0.15) is 0 Å². The molecule has 0 unspecified atom stereocenters. The third-order valence-corrected chi connectivity index (χ3v) is 8.13. The van der Waals surface area contributed by atoms with E-state index in [1.54, 1.807) is 46.6 Å². The summed E-state index contributed by atoms with van der Waals surface area (Å²) < 4.78 is 25.9. The van der Waals surface area contributed by atoms with Crippen LogP contribution in [-0.2, 0) is 14.6 Å². The van der Waals surface area contributed by atoms with Crippen LogP contribution in [-0.4, -0.2) is 43.1 Å². The molecule has 5 nitrogen and oxygen atoms in total. The average Bonchev–Trinajstić information content (AvgIpc) is 3.17. The van der Waals surface area contributed by atoms with Crippen molar-refractivity contribution in [2.24, 2.45) is 0 Å². The van der Waals surface area contributed by atoms with Crippen LogP contribution >= 0.6 is 11.3 Å². The molecule has 0 bridgehead atoms. The van der Waals surface area contributed by atoms with Gasteiger partial charge in [-0.15, -0.1) is 11.3 Å². The number of para-hydroxylation sites is 1. The highest BCUT2D eigenvalue weighted by molar-refractivity contribution is 7.91. The predicted octanol–water partition coefficient (Wildman–Crippen LogP) is 3.87. The van der Waals surface area contributed by atoms with Crippen molar-refractivity contribution in [1.82, 2.24) is 9.88 Å². The summed E-state index contributed by atoms with van der Waals surface area (Å²) in [4.78, 5) is 19.3. The van der Waals surface area contributed by atoms with Gasteiger partial charge in [-0.1, -0.05) is 30.3 Å². The number of piperidine rings is 1. The van der Waals surface area contributed by atoms with Gasteiger partial charge in [-0.05, 0) is 37.1 Å². The van der Waals surface area contributed by atoms with Gasteiger partial charge in [0.15, 0.2) is 9.84 Å². The van der Waals surface area contributed by atoms with Gasteiger partial charge in [-0.3, -0.25) is 4.79 Å². The molecule has 0 aliphatic carbocycles. The third-order valence-electron chi connectivity index (χ3n) is 5.19. The van der Waals surface area contributed by atoms with Crippen molar-refractivity contribution < 1.29 is 13.2 Å². The van der Waals surface area contributed by atoms with Crippen LogP contribution in [0.2, 0.25) is 0 Å². The Bertz CT molecular complexity index is 1040.